The summed E-state index contributed by atoms with van der Waals surface area (Å²) in [6.07, 6.45) is 1.89. The Bertz CT molecular complexity index is 714. The molecule has 21 heavy (non-hydrogen) atoms. The van der Waals surface area contributed by atoms with Crippen LogP contribution in [-0.2, 0) is 0 Å². The minimum absolute atomic E-state index is 0.0107. The summed E-state index contributed by atoms with van der Waals surface area (Å²) in [6.45, 7) is -0.0107. The number of amides is 1. The van der Waals surface area contributed by atoms with Gasteiger partial charge < -0.3 is 15.4 Å². The summed E-state index contributed by atoms with van der Waals surface area (Å²) in [6, 6.07) is 6.54. The zero-order chi connectivity index (χ0) is 15.2. The molecule has 0 radical (unpaired) electrons. The van der Waals surface area contributed by atoms with E-state index >= 15 is 0 Å². The summed E-state index contributed by atoms with van der Waals surface area (Å²) < 4.78 is 0. The van der Waals surface area contributed by atoms with E-state index in [1.807, 2.05) is 0 Å². The van der Waals surface area contributed by atoms with Crippen LogP contribution in [0.25, 0.3) is 0 Å². The first kappa shape index (κ1) is 15.5. The maximum absolute atomic E-state index is 12.1. The number of hydrogen-bond acceptors (Lipinski definition) is 2. The summed E-state index contributed by atoms with van der Waals surface area (Å²) in [4.78, 5) is 14.9. The van der Waals surface area contributed by atoms with Crippen LogP contribution in [0.15, 0.2) is 30.5 Å². The Hall–Kier alpha value is -1.93. The molecular formula is C15H12Cl2N2O2. The Labute approximate surface area is 132 Å². The van der Waals surface area contributed by atoms with Gasteiger partial charge in [-0.2, -0.15) is 0 Å². The maximum Gasteiger partial charge on any atom is 0.272 e. The lowest BCUT2D eigenvalue weighted by Crippen LogP contribution is -2.13. The summed E-state index contributed by atoms with van der Waals surface area (Å²) in [5, 5.41) is 12.4. The highest BCUT2D eigenvalue weighted by Gasteiger charge is 2.10. The topological polar surface area (TPSA) is 65.1 Å². The lowest BCUT2D eigenvalue weighted by atomic mass is 10.1. The smallest absolute Gasteiger partial charge is 0.272 e. The number of benzene rings is 1. The van der Waals surface area contributed by atoms with Crippen LogP contribution in [0.5, 0.6) is 0 Å². The van der Waals surface area contributed by atoms with Crippen LogP contribution in [-0.4, -0.2) is 22.6 Å². The number of carbonyl (C=O) groups excluding carboxylic acids is 1. The van der Waals surface area contributed by atoms with Crippen molar-refractivity contribution in [2.75, 3.05) is 11.9 Å². The summed E-state index contributed by atoms with van der Waals surface area (Å²) in [7, 11) is 0. The van der Waals surface area contributed by atoms with E-state index in [1.54, 1.807) is 18.2 Å². The molecule has 0 spiro atoms. The molecule has 1 aromatic carbocycles. The monoisotopic (exact) mass is 322 g/mol. The Morgan fingerprint density at radius 3 is 2.76 bits per heavy atom. The zero-order valence-electron chi connectivity index (χ0n) is 10.9. The van der Waals surface area contributed by atoms with Gasteiger partial charge in [-0.1, -0.05) is 35.0 Å². The third-order valence-corrected chi connectivity index (χ3v) is 3.04. The van der Waals surface area contributed by atoms with Crippen LogP contribution in [0.1, 0.15) is 22.5 Å². The number of carbonyl (C=O) groups is 1. The Morgan fingerprint density at radius 1 is 1.29 bits per heavy atom. The van der Waals surface area contributed by atoms with Gasteiger partial charge in [-0.25, -0.2) is 0 Å². The molecule has 1 aromatic heterocycles. The number of aromatic nitrogens is 1. The second kappa shape index (κ2) is 7.19. The van der Waals surface area contributed by atoms with Crippen molar-refractivity contribution in [1.29, 1.82) is 0 Å². The van der Waals surface area contributed by atoms with E-state index in [1.165, 1.54) is 12.3 Å². The number of aromatic amines is 1. The highest BCUT2D eigenvalue weighted by atomic mass is 35.5. The van der Waals surface area contributed by atoms with Crippen molar-refractivity contribution in [3.05, 3.63) is 51.8 Å². The third kappa shape index (κ3) is 4.27. The van der Waals surface area contributed by atoms with Gasteiger partial charge >= 0.3 is 0 Å². The first-order valence-corrected chi connectivity index (χ1v) is 6.90. The Morgan fingerprint density at radius 2 is 2.10 bits per heavy atom. The number of aliphatic hydroxyl groups is 1. The van der Waals surface area contributed by atoms with E-state index in [9.17, 15) is 4.79 Å². The Kier molecular flexibility index (Phi) is 5.29. The number of aliphatic hydroxyl groups excluding tert-OH is 1. The second-order valence-electron chi connectivity index (χ2n) is 4.15. The van der Waals surface area contributed by atoms with Gasteiger partial charge in [0.1, 0.15) is 5.69 Å². The number of rotatable bonds is 3. The van der Waals surface area contributed by atoms with Crippen LogP contribution in [0.3, 0.4) is 0 Å². The van der Waals surface area contributed by atoms with Gasteiger partial charge in [0.05, 0.1) is 17.3 Å². The summed E-state index contributed by atoms with van der Waals surface area (Å²) in [5.74, 6) is 5.35. The molecule has 2 aromatic rings. The highest BCUT2D eigenvalue weighted by molar-refractivity contribution is 6.31. The lowest BCUT2D eigenvalue weighted by molar-refractivity contribution is 0.102. The molecule has 3 N–H and O–H groups in total. The number of hydrogen-bond donors (Lipinski definition) is 3. The van der Waals surface area contributed by atoms with Gasteiger partial charge in [0.25, 0.3) is 5.91 Å². The van der Waals surface area contributed by atoms with Crippen molar-refractivity contribution < 1.29 is 9.90 Å². The average Bonchev–Trinajstić information content (AvgIpc) is 2.88. The molecule has 0 aliphatic rings. The zero-order valence-corrected chi connectivity index (χ0v) is 12.4. The van der Waals surface area contributed by atoms with E-state index in [-0.39, 0.29) is 12.5 Å². The molecule has 6 heteroatoms. The average molecular weight is 323 g/mol. The first-order chi connectivity index (χ1) is 10.1. The van der Waals surface area contributed by atoms with Crippen LogP contribution < -0.4 is 5.32 Å². The van der Waals surface area contributed by atoms with Gasteiger partial charge in [-0.05, 0) is 24.3 Å². The van der Waals surface area contributed by atoms with Crippen molar-refractivity contribution >= 4 is 34.8 Å². The molecule has 1 heterocycles. The predicted molar refractivity (Wildman–Crippen MR) is 83.8 cm³/mol. The number of halogens is 2. The van der Waals surface area contributed by atoms with E-state index in [4.69, 9.17) is 28.3 Å². The van der Waals surface area contributed by atoms with Gasteiger partial charge in [0.15, 0.2) is 0 Å². The van der Waals surface area contributed by atoms with Gasteiger partial charge in [-0.15, -0.1) is 0 Å². The van der Waals surface area contributed by atoms with Crippen LogP contribution >= 0.6 is 23.2 Å². The number of anilines is 1. The molecule has 2 rings (SSSR count). The fraction of sp³-hybridized carbons (Fsp3) is 0.133. The summed E-state index contributed by atoms with van der Waals surface area (Å²) >= 11 is 11.7. The van der Waals surface area contributed by atoms with E-state index in [2.05, 4.69) is 22.1 Å². The first-order valence-electron chi connectivity index (χ1n) is 6.14. The Balaban J connectivity index is 2.24. The van der Waals surface area contributed by atoms with Crippen molar-refractivity contribution in [1.82, 2.24) is 4.98 Å². The van der Waals surface area contributed by atoms with Crippen molar-refractivity contribution in [2.45, 2.75) is 6.42 Å². The van der Waals surface area contributed by atoms with E-state index in [0.717, 1.165) is 0 Å². The largest absolute Gasteiger partial charge is 0.395 e. The molecule has 108 valence electrons. The van der Waals surface area contributed by atoms with Gasteiger partial charge in [-0.3, -0.25) is 4.79 Å². The summed E-state index contributed by atoms with van der Waals surface area (Å²) in [5.41, 5.74) is 1.47. The van der Waals surface area contributed by atoms with E-state index < -0.39 is 0 Å². The quantitative estimate of drug-likeness (QED) is 0.759. The molecule has 0 atom stereocenters. The second-order valence-corrected chi connectivity index (χ2v) is 5.02. The van der Waals surface area contributed by atoms with Gasteiger partial charge in [0, 0.05) is 23.2 Å². The predicted octanol–water partition coefficient (Wildman–Crippen LogP) is 3.31. The van der Waals surface area contributed by atoms with Crippen molar-refractivity contribution in [3.8, 4) is 11.8 Å². The normalized spacial score (nSPS) is 9.86. The standard InChI is InChI=1S/C15H12Cl2N2O2/c16-11-5-4-10(3-1-2-6-20)13(7-11)19-15(21)14-8-12(17)9-18-14/h4-5,7-9,18,20H,2,6H2,(H,19,21). The number of H-pyrrole nitrogens is 1. The van der Waals surface area contributed by atoms with Crippen molar-refractivity contribution in [2.24, 2.45) is 0 Å². The molecule has 4 nitrogen and oxygen atoms in total. The molecule has 0 saturated heterocycles. The molecule has 1 amide bonds. The van der Waals surface area contributed by atoms with Crippen molar-refractivity contribution in [3.63, 3.8) is 0 Å². The molecule has 0 bridgehead atoms. The van der Waals surface area contributed by atoms with Crippen LogP contribution in [0, 0.1) is 11.8 Å². The highest BCUT2D eigenvalue weighted by Crippen LogP contribution is 2.21. The minimum atomic E-state index is -0.339. The molecule has 0 aliphatic heterocycles. The van der Waals surface area contributed by atoms with Crippen LogP contribution in [0.4, 0.5) is 5.69 Å². The fourth-order valence-corrected chi connectivity index (χ4v) is 1.97. The third-order valence-electron chi connectivity index (χ3n) is 2.58. The molecular weight excluding hydrogens is 311 g/mol. The van der Waals surface area contributed by atoms with E-state index in [0.29, 0.717) is 33.4 Å². The fourth-order valence-electron chi connectivity index (χ4n) is 1.63. The lowest BCUT2D eigenvalue weighted by Gasteiger charge is -2.07. The molecule has 0 unspecified atom stereocenters. The van der Waals surface area contributed by atoms with Crippen LogP contribution in [0.2, 0.25) is 10.0 Å². The number of nitrogens with one attached hydrogen (secondary N) is 2. The molecule has 0 fully saturated rings. The SMILES string of the molecule is O=C(Nc1cc(Cl)ccc1C#CCCO)c1cc(Cl)c[nH]1. The molecule has 0 aliphatic carbocycles. The minimum Gasteiger partial charge on any atom is -0.395 e. The molecule has 0 saturated carbocycles. The maximum atomic E-state index is 12.1. The van der Waals surface area contributed by atoms with Gasteiger partial charge in [0.2, 0.25) is 0 Å².